The first kappa shape index (κ1) is 16.1. The number of benzene rings is 1. The Hall–Kier alpha value is -1.00. The van der Waals surface area contributed by atoms with Crippen molar-refractivity contribution in [3.63, 3.8) is 0 Å². The summed E-state index contributed by atoms with van der Waals surface area (Å²) in [5.41, 5.74) is 0. The fourth-order valence-electron chi connectivity index (χ4n) is 1.61. The van der Waals surface area contributed by atoms with Gasteiger partial charge in [-0.2, -0.15) is 0 Å². The van der Waals surface area contributed by atoms with Crippen LogP contribution in [-0.2, 0) is 4.79 Å². The van der Waals surface area contributed by atoms with Gasteiger partial charge in [-0.1, -0.05) is 25.1 Å². The lowest BCUT2D eigenvalue weighted by Gasteiger charge is -2.08. The van der Waals surface area contributed by atoms with E-state index in [1.54, 1.807) is 11.8 Å². The van der Waals surface area contributed by atoms with Crippen LogP contribution < -0.4 is 5.32 Å². The Bertz CT molecular complexity index is 356. The van der Waals surface area contributed by atoms with E-state index in [4.69, 9.17) is 0 Å². The summed E-state index contributed by atoms with van der Waals surface area (Å²) in [6.07, 6.45) is 2.52. The molecule has 106 valence electrons. The van der Waals surface area contributed by atoms with Crippen LogP contribution in [-0.4, -0.2) is 29.4 Å². The number of hydrogen-bond acceptors (Lipinski definition) is 3. The second kappa shape index (κ2) is 9.87. The van der Waals surface area contributed by atoms with E-state index in [0.29, 0.717) is 19.4 Å². The maximum Gasteiger partial charge on any atom is 0.220 e. The summed E-state index contributed by atoms with van der Waals surface area (Å²) in [7, 11) is 0. The molecule has 1 aromatic carbocycles. The highest BCUT2D eigenvalue weighted by Gasteiger charge is 2.03. The van der Waals surface area contributed by atoms with Crippen molar-refractivity contribution >= 4 is 17.7 Å². The Morgan fingerprint density at radius 1 is 1.37 bits per heavy atom. The van der Waals surface area contributed by atoms with Crippen LogP contribution in [0, 0.1) is 0 Å². The summed E-state index contributed by atoms with van der Waals surface area (Å²) in [5.74, 6) is 1.03. The molecule has 4 heteroatoms. The van der Waals surface area contributed by atoms with Gasteiger partial charge >= 0.3 is 0 Å². The van der Waals surface area contributed by atoms with E-state index < -0.39 is 0 Å². The highest BCUT2D eigenvalue weighted by molar-refractivity contribution is 7.99. The van der Waals surface area contributed by atoms with Gasteiger partial charge in [-0.05, 0) is 37.1 Å². The van der Waals surface area contributed by atoms with E-state index in [0.717, 1.165) is 18.6 Å². The third-order valence-electron chi connectivity index (χ3n) is 2.83. The molecule has 0 fully saturated rings. The Morgan fingerprint density at radius 2 is 2.11 bits per heavy atom. The number of carbonyl (C=O) groups is 1. The molecule has 0 saturated carbocycles. The smallest absolute Gasteiger partial charge is 0.220 e. The summed E-state index contributed by atoms with van der Waals surface area (Å²) >= 11 is 1.77. The molecule has 0 spiro atoms. The van der Waals surface area contributed by atoms with Crippen LogP contribution in [0.2, 0.25) is 0 Å². The van der Waals surface area contributed by atoms with Crippen molar-refractivity contribution < 1.29 is 9.90 Å². The fraction of sp³-hybridized carbons (Fsp3) is 0.533. The average molecular weight is 281 g/mol. The van der Waals surface area contributed by atoms with Crippen LogP contribution in [0.1, 0.15) is 32.6 Å². The molecule has 0 aliphatic heterocycles. The molecule has 1 unspecified atom stereocenters. The highest BCUT2D eigenvalue weighted by Crippen LogP contribution is 2.18. The lowest BCUT2D eigenvalue weighted by atomic mass is 10.2. The zero-order valence-electron chi connectivity index (χ0n) is 11.5. The minimum absolute atomic E-state index is 0.0805. The molecule has 0 heterocycles. The van der Waals surface area contributed by atoms with Gasteiger partial charge in [0.15, 0.2) is 0 Å². The molecule has 0 aliphatic rings. The van der Waals surface area contributed by atoms with Gasteiger partial charge in [0.1, 0.15) is 0 Å². The number of aliphatic hydroxyl groups excluding tert-OH is 1. The Labute approximate surface area is 119 Å². The van der Waals surface area contributed by atoms with Gasteiger partial charge in [0.05, 0.1) is 6.10 Å². The van der Waals surface area contributed by atoms with E-state index in [1.165, 1.54) is 4.90 Å². The summed E-state index contributed by atoms with van der Waals surface area (Å²) in [6, 6.07) is 10.2. The van der Waals surface area contributed by atoms with Crippen molar-refractivity contribution in [3.8, 4) is 0 Å². The van der Waals surface area contributed by atoms with Crippen LogP contribution in [0.25, 0.3) is 0 Å². The van der Waals surface area contributed by atoms with Crippen molar-refractivity contribution in [2.45, 2.75) is 43.6 Å². The molecule has 3 nitrogen and oxygen atoms in total. The minimum Gasteiger partial charge on any atom is -0.393 e. The molecule has 0 aromatic heterocycles. The first-order valence-electron chi connectivity index (χ1n) is 6.85. The summed E-state index contributed by atoms with van der Waals surface area (Å²) in [4.78, 5) is 12.8. The minimum atomic E-state index is -0.297. The molecular weight excluding hydrogens is 258 g/mol. The predicted molar refractivity (Wildman–Crippen MR) is 80.3 cm³/mol. The third kappa shape index (κ3) is 7.90. The molecule has 0 radical (unpaired) electrons. The van der Waals surface area contributed by atoms with Crippen molar-refractivity contribution in [2.75, 3.05) is 12.3 Å². The Morgan fingerprint density at radius 3 is 2.79 bits per heavy atom. The Kier molecular flexibility index (Phi) is 8.34. The fourth-order valence-corrected chi connectivity index (χ4v) is 2.48. The molecule has 1 rings (SSSR count). The topological polar surface area (TPSA) is 49.3 Å². The number of nitrogens with one attached hydrogen (secondary N) is 1. The highest BCUT2D eigenvalue weighted by atomic mass is 32.2. The molecule has 0 saturated heterocycles. The lowest BCUT2D eigenvalue weighted by Crippen LogP contribution is -2.26. The first-order chi connectivity index (χ1) is 9.22. The zero-order valence-corrected chi connectivity index (χ0v) is 12.3. The van der Waals surface area contributed by atoms with Gasteiger partial charge in [-0.25, -0.2) is 0 Å². The standard InChI is InChI=1S/C15H23NO2S/c1-2-13(17)10-11-16-15(18)9-6-12-19-14-7-4-3-5-8-14/h3-5,7-8,13,17H,2,6,9-12H2,1H3,(H,16,18). The maximum atomic E-state index is 11.5. The van der Waals surface area contributed by atoms with Crippen LogP contribution in [0.5, 0.6) is 0 Å². The summed E-state index contributed by atoms with van der Waals surface area (Å²) in [5, 5.41) is 12.2. The largest absolute Gasteiger partial charge is 0.393 e. The third-order valence-corrected chi connectivity index (χ3v) is 3.93. The van der Waals surface area contributed by atoms with Crippen molar-refractivity contribution in [2.24, 2.45) is 0 Å². The van der Waals surface area contributed by atoms with E-state index in [-0.39, 0.29) is 12.0 Å². The van der Waals surface area contributed by atoms with E-state index in [1.807, 2.05) is 25.1 Å². The number of hydrogen-bond donors (Lipinski definition) is 2. The van der Waals surface area contributed by atoms with Crippen molar-refractivity contribution in [1.82, 2.24) is 5.32 Å². The van der Waals surface area contributed by atoms with Crippen LogP contribution >= 0.6 is 11.8 Å². The summed E-state index contributed by atoms with van der Waals surface area (Å²) in [6.45, 7) is 2.51. The quantitative estimate of drug-likeness (QED) is 0.540. The Balaban J connectivity index is 2.01. The lowest BCUT2D eigenvalue weighted by molar-refractivity contribution is -0.121. The molecule has 2 N–H and O–H groups in total. The van der Waals surface area contributed by atoms with Gasteiger partial charge in [-0.15, -0.1) is 11.8 Å². The van der Waals surface area contributed by atoms with Crippen molar-refractivity contribution in [1.29, 1.82) is 0 Å². The van der Waals surface area contributed by atoms with E-state index in [9.17, 15) is 9.90 Å². The van der Waals surface area contributed by atoms with Gasteiger partial charge in [-0.3, -0.25) is 4.79 Å². The van der Waals surface area contributed by atoms with Gasteiger partial charge < -0.3 is 10.4 Å². The monoisotopic (exact) mass is 281 g/mol. The number of carbonyl (C=O) groups excluding carboxylic acids is 1. The van der Waals surface area contributed by atoms with E-state index >= 15 is 0 Å². The second-order valence-electron chi connectivity index (χ2n) is 4.47. The molecule has 19 heavy (non-hydrogen) atoms. The molecule has 1 atom stereocenters. The van der Waals surface area contributed by atoms with Gasteiger partial charge in [0, 0.05) is 17.9 Å². The second-order valence-corrected chi connectivity index (χ2v) is 5.63. The van der Waals surface area contributed by atoms with Gasteiger partial charge in [0.2, 0.25) is 5.91 Å². The van der Waals surface area contributed by atoms with Gasteiger partial charge in [0.25, 0.3) is 0 Å². The summed E-state index contributed by atoms with van der Waals surface area (Å²) < 4.78 is 0. The molecule has 1 amide bonds. The maximum absolute atomic E-state index is 11.5. The molecule has 1 aromatic rings. The van der Waals surface area contributed by atoms with Crippen molar-refractivity contribution in [3.05, 3.63) is 30.3 Å². The first-order valence-corrected chi connectivity index (χ1v) is 7.83. The molecule has 0 bridgehead atoms. The predicted octanol–water partition coefficient (Wildman–Crippen LogP) is 2.84. The normalized spacial score (nSPS) is 12.1. The number of amides is 1. The average Bonchev–Trinajstić information content (AvgIpc) is 2.44. The number of rotatable bonds is 9. The van der Waals surface area contributed by atoms with Crippen LogP contribution in [0.15, 0.2) is 35.2 Å². The number of aliphatic hydroxyl groups is 1. The zero-order chi connectivity index (χ0) is 13.9. The SMILES string of the molecule is CCC(O)CCNC(=O)CCCSc1ccccc1. The van der Waals surface area contributed by atoms with Crippen LogP contribution in [0.4, 0.5) is 0 Å². The molecular formula is C15H23NO2S. The number of thioether (sulfide) groups is 1. The van der Waals surface area contributed by atoms with Crippen LogP contribution in [0.3, 0.4) is 0 Å². The van der Waals surface area contributed by atoms with E-state index in [2.05, 4.69) is 17.4 Å². The molecule has 0 aliphatic carbocycles.